The Hall–Kier alpha value is -0.260. The van der Waals surface area contributed by atoms with Crippen LogP contribution in [-0.4, -0.2) is 0 Å². The zero-order chi connectivity index (χ0) is 7.15. The smallest absolute Gasteiger partial charge is 0.0448 e. The minimum atomic E-state index is 0.852. The first-order valence-corrected chi connectivity index (χ1v) is 3.14. The Kier molecular flexibility index (Phi) is 8.99. The molecule has 0 nitrogen and oxygen atoms in total. The van der Waals surface area contributed by atoms with Gasteiger partial charge in [-0.15, -0.1) is 13.2 Å². The van der Waals surface area contributed by atoms with Gasteiger partial charge < -0.3 is 0 Å². The molecule has 0 bridgehead atoms. The van der Waals surface area contributed by atoms with Gasteiger partial charge in [0, 0.05) is 0 Å². The second-order valence-electron chi connectivity index (χ2n) is 2.49. The van der Waals surface area contributed by atoms with Crippen molar-refractivity contribution in [1.29, 1.82) is 0 Å². The third-order valence-corrected chi connectivity index (χ3v) is 1.33. The molecule has 0 heterocycles. The van der Waals surface area contributed by atoms with Gasteiger partial charge in [-0.3, -0.25) is 0 Å². The molecule has 0 rings (SSSR count). The summed E-state index contributed by atoms with van der Waals surface area (Å²) in [7, 11) is 0. The van der Waals surface area contributed by atoms with Crippen LogP contribution >= 0.6 is 0 Å². The van der Waals surface area contributed by atoms with Crippen LogP contribution in [0.15, 0.2) is 13.2 Å². The summed E-state index contributed by atoms with van der Waals surface area (Å²) in [5, 5.41) is 0. The van der Waals surface area contributed by atoms with Crippen molar-refractivity contribution >= 4 is 0 Å². The molecule has 0 radical (unpaired) electrons. The van der Waals surface area contributed by atoms with Crippen molar-refractivity contribution < 1.29 is 0 Å². The summed E-state index contributed by atoms with van der Waals surface area (Å²) in [5.74, 6) is 1.70. The Morgan fingerprint density at radius 3 is 0.875 bits per heavy atom. The normalized spacial score (nSPS) is 8.75. The van der Waals surface area contributed by atoms with Crippen molar-refractivity contribution in [2.45, 2.75) is 27.7 Å². The lowest BCUT2D eigenvalue weighted by molar-refractivity contribution is 0.457. The summed E-state index contributed by atoms with van der Waals surface area (Å²) >= 11 is 0. The molecule has 0 heteroatoms. The van der Waals surface area contributed by atoms with Crippen molar-refractivity contribution in [2.24, 2.45) is 11.8 Å². The fourth-order valence-electron chi connectivity index (χ4n) is 0. The van der Waals surface area contributed by atoms with E-state index in [1.54, 1.807) is 0 Å². The molecule has 0 N–H and O–H groups in total. The molecule has 0 aromatic heterocycles. The lowest BCUT2D eigenvalue weighted by Gasteiger charge is -2.05. The van der Waals surface area contributed by atoms with Gasteiger partial charge in [0.25, 0.3) is 0 Å². The molecule has 0 unspecified atom stereocenters. The summed E-state index contributed by atoms with van der Waals surface area (Å²) in [6.45, 7) is 15.0. The third-order valence-electron chi connectivity index (χ3n) is 1.33. The average molecular weight is 114 g/mol. The highest BCUT2D eigenvalue weighted by molar-refractivity contribution is 4.46. The summed E-state index contributed by atoms with van der Waals surface area (Å²) < 4.78 is 0. The zero-order valence-electron chi connectivity index (χ0n) is 6.57. The second-order valence-corrected chi connectivity index (χ2v) is 2.49. The van der Waals surface area contributed by atoms with Gasteiger partial charge in [0.2, 0.25) is 0 Å². The summed E-state index contributed by atoms with van der Waals surface area (Å²) in [6.07, 6.45) is 0. The topological polar surface area (TPSA) is 0 Å². The quantitative estimate of drug-likeness (QED) is 0.459. The van der Waals surface area contributed by atoms with Crippen molar-refractivity contribution in [2.75, 3.05) is 0 Å². The van der Waals surface area contributed by atoms with Gasteiger partial charge in [-0.2, -0.15) is 0 Å². The SMILES string of the molecule is C=C.CC(C)C(C)C. The van der Waals surface area contributed by atoms with Crippen LogP contribution in [0.5, 0.6) is 0 Å². The van der Waals surface area contributed by atoms with Crippen molar-refractivity contribution in [3.63, 3.8) is 0 Å². The molecule has 0 aromatic carbocycles. The molecular formula is C8H18. The van der Waals surface area contributed by atoms with Crippen molar-refractivity contribution in [1.82, 2.24) is 0 Å². The largest absolute Gasteiger partial charge is 0.106 e. The lowest BCUT2D eigenvalue weighted by atomic mass is 10.0. The maximum absolute atomic E-state index is 3.00. The maximum Gasteiger partial charge on any atom is -0.0448 e. The van der Waals surface area contributed by atoms with E-state index in [1.165, 1.54) is 0 Å². The Labute approximate surface area is 53.6 Å². The molecule has 0 aliphatic carbocycles. The highest BCUT2D eigenvalue weighted by atomic mass is 14.0. The van der Waals surface area contributed by atoms with E-state index in [1.807, 2.05) is 0 Å². The van der Waals surface area contributed by atoms with Gasteiger partial charge in [0.1, 0.15) is 0 Å². The van der Waals surface area contributed by atoms with Gasteiger partial charge in [-0.05, 0) is 11.8 Å². The zero-order valence-corrected chi connectivity index (χ0v) is 6.57. The molecule has 0 amide bonds. The predicted molar refractivity (Wildman–Crippen MR) is 40.9 cm³/mol. The van der Waals surface area contributed by atoms with E-state index in [2.05, 4.69) is 40.9 Å². The highest BCUT2D eigenvalue weighted by Crippen LogP contribution is 2.05. The van der Waals surface area contributed by atoms with Gasteiger partial charge in [-0.1, -0.05) is 27.7 Å². The number of hydrogen-bond acceptors (Lipinski definition) is 0. The number of rotatable bonds is 1. The van der Waals surface area contributed by atoms with Gasteiger partial charge >= 0.3 is 0 Å². The van der Waals surface area contributed by atoms with E-state index in [9.17, 15) is 0 Å². The van der Waals surface area contributed by atoms with Crippen molar-refractivity contribution in [3.05, 3.63) is 13.2 Å². The minimum Gasteiger partial charge on any atom is -0.106 e. The van der Waals surface area contributed by atoms with E-state index < -0.39 is 0 Å². The van der Waals surface area contributed by atoms with E-state index >= 15 is 0 Å². The Balaban J connectivity index is 0. The Bertz CT molecular complexity index is 29.3. The summed E-state index contributed by atoms with van der Waals surface area (Å²) in [5.41, 5.74) is 0. The minimum absolute atomic E-state index is 0.852. The molecule has 50 valence electrons. The average Bonchev–Trinajstić information content (AvgIpc) is 1.72. The molecule has 0 spiro atoms. The first-order valence-electron chi connectivity index (χ1n) is 3.14. The summed E-state index contributed by atoms with van der Waals surface area (Å²) in [4.78, 5) is 0. The number of hydrogen-bond donors (Lipinski definition) is 0. The standard InChI is InChI=1S/C6H14.C2H4/c1-5(2)6(3)4;1-2/h5-6H,1-4H3;1-2H2. The van der Waals surface area contributed by atoms with E-state index in [-0.39, 0.29) is 0 Å². The first kappa shape index (κ1) is 10.7. The summed E-state index contributed by atoms with van der Waals surface area (Å²) in [6, 6.07) is 0. The van der Waals surface area contributed by atoms with Crippen LogP contribution in [0.3, 0.4) is 0 Å². The molecule has 0 saturated carbocycles. The van der Waals surface area contributed by atoms with Crippen LogP contribution in [0.4, 0.5) is 0 Å². The van der Waals surface area contributed by atoms with Crippen LogP contribution in [-0.2, 0) is 0 Å². The van der Waals surface area contributed by atoms with E-state index in [0.29, 0.717) is 0 Å². The maximum atomic E-state index is 3.00. The fourth-order valence-corrected chi connectivity index (χ4v) is 0. The highest BCUT2D eigenvalue weighted by Gasteiger charge is 1.95. The molecule has 0 aliphatic heterocycles. The van der Waals surface area contributed by atoms with Crippen LogP contribution in [0.1, 0.15) is 27.7 Å². The lowest BCUT2D eigenvalue weighted by Crippen LogP contribution is -1.95. The molecule has 0 aliphatic rings. The molecular weight excluding hydrogens is 96.1 g/mol. The predicted octanol–water partition coefficient (Wildman–Crippen LogP) is 3.10. The molecule has 0 atom stereocenters. The van der Waals surface area contributed by atoms with Gasteiger partial charge in [0.05, 0.1) is 0 Å². The third kappa shape index (κ3) is 9.22. The van der Waals surface area contributed by atoms with Crippen LogP contribution in [0, 0.1) is 11.8 Å². The second kappa shape index (κ2) is 6.74. The van der Waals surface area contributed by atoms with Gasteiger partial charge in [0.15, 0.2) is 0 Å². The van der Waals surface area contributed by atoms with Gasteiger partial charge in [-0.25, -0.2) is 0 Å². The molecule has 0 aromatic rings. The first-order chi connectivity index (χ1) is 3.64. The molecule has 0 saturated heterocycles. The monoisotopic (exact) mass is 114 g/mol. The molecule has 8 heavy (non-hydrogen) atoms. The Morgan fingerprint density at radius 2 is 0.875 bits per heavy atom. The Morgan fingerprint density at radius 1 is 0.750 bits per heavy atom. The van der Waals surface area contributed by atoms with Crippen LogP contribution in [0.25, 0.3) is 0 Å². The van der Waals surface area contributed by atoms with Crippen LogP contribution < -0.4 is 0 Å². The van der Waals surface area contributed by atoms with E-state index in [0.717, 1.165) is 11.8 Å². The fraction of sp³-hybridized carbons (Fsp3) is 0.750. The van der Waals surface area contributed by atoms with Crippen LogP contribution in [0.2, 0.25) is 0 Å². The van der Waals surface area contributed by atoms with E-state index in [4.69, 9.17) is 0 Å². The molecule has 0 fully saturated rings. The van der Waals surface area contributed by atoms with Crippen molar-refractivity contribution in [3.8, 4) is 0 Å².